The van der Waals surface area contributed by atoms with Gasteiger partial charge >= 0.3 is 0 Å². The second-order valence-corrected chi connectivity index (χ2v) is 5.54. The van der Waals surface area contributed by atoms with Crippen LogP contribution in [0.25, 0.3) is 0 Å². The van der Waals surface area contributed by atoms with E-state index < -0.39 is 0 Å². The Morgan fingerprint density at radius 1 is 1.47 bits per heavy atom. The van der Waals surface area contributed by atoms with E-state index in [1.54, 1.807) is 36.0 Å². The molecule has 0 aliphatic heterocycles. The number of rotatable bonds is 6. The first-order valence-electron chi connectivity index (χ1n) is 5.51. The fraction of sp³-hybridized carbons (Fsp3) is 0.417. The van der Waals surface area contributed by atoms with Crippen LogP contribution in [0.5, 0.6) is 0 Å². The van der Waals surface area contributed by atoms with Crippen molar-refractivity contribution in [3.63, 3.8) is 0 Å². The van der Waals surface area contributed by atoms with Crippen LogP contribution in [-0.4, -0.2) is 23.5 Å². The van der Waals surface area contributed by atoms with E-state index in [-0.39, 0.29) is 11.2 Å². The average Bonchev–Trinajstić information content (AvgIpc) is 2.32. The molecule has 1 unspecified atom stereocenters. The van der Waals surface area contributed by atoms with Gasteiger partial charge < -0.3 is 11.1 Å². The monoisotopic (exact) mass is 272 g/mol. The first-order chi connectivity index (χ1) is 8.13. The highest BCUT2D eigenvalue weighted by atomic mass is 35.5. The van der Waals surface area contributed by atoms with E-state index in [2.05, 4.69) is 5.32 Å². The molecule has 1 rings (SSSR count). The van der Waals surface area contributed by atoms with E-state index in [0.29, 0.717) is 11.6 Å². The fourth-order valence-electron chi connectivity index (χ4n) is 1.20. The summed E-state index contributed by atoms with van der Waals surface area (Å²) in [6.45, 7) is 2.56. The SMILES string of the molecule is CC(SCCCN)C(=O)Nc1ccc(Cl)cc1. The largest absolute Gasteiger partial charge is 0.330 e. The van der Waals surface area contributed by atoms with E-state index in [1.807, 2.05) is 6.92 Å². The average molecular weight is 273 g/mol. The Hall–Kier alpha value is -0.710. The lowest BCUT2D eigenvalue weighted by molar-refractivity contribution is -0.115. The summed E-state index contributed by atoms with van der Waals surface area (Å²) < 4.78 is 0. The molecule has 0 saturated heterocycles. The lowest BCUT2D eigenvalue weighted by atomic mass is 10.3. The van der Waals surface area contributed by atoms with Crippen molar-refractivity contribution in [3.05, 3.63) is 29.3 Å². The van der Waals surface area contributed by atoms with Crippen LogP contribution in [0.15, 0.2) is 24.3 Å². The zero-order valence-electron chi connectivity index (χ0n) is 9.78. The second kappa shape index (κ2) is 7.58. The molecule has 1 amide bonds. The van der Waals surface area contributed by atoms with Gasteiger partial charge in [0.1, 0.15) is 0 Å². The molecule has 0 saturated carbocycles. The minimum Gasteiger partial charge on any atom is -0.330 e. The summed E-state index contributed by atoms with van der Waals surface area (Å²) in [7, 11) is 0. The van der Waals surface area contributed by atoms with E-state index in [9.17, 15) is 4.79 Å². The summed E-state index contributed by atoms with van der Waals surface area (Å²) in [4.78, 5) is 11.8. The molecule has 0 aromatic heterocycles. The Morgan fingerprint density at radius 2 is 2.12 bits per heavy atom. The highest BCUT2D eigenvalue weighted by molar-refractivity contribution is 8.00. The maximum Gasteiger partial charge on any atom is 0.237 e. The molecule has 0 bridgehead atoms. The predicted octanol–water partition coefficient (Wildman–Crippen LogP) is 2.75. The van der Waals surface area contributed by atoms with E-state index in [0.717, 1.165) is 17.9 Å². The van der Waals surface area contributed by atoms with Crippen LogP contribution in [0.4, 0.5) is 5.69 Å². The van der Waals surface area contributed by atoms with Crippen LogP contribution in [0.3, 0.4) is 0 Å². The number of halogens is 1. The van der Waals surface area contributed by atoms with Gasteiger partial charge in [-0.15, -0.1) is 11.8 Å². The maximum absolute atomic E-state index is 11.8. The Kier molecular flexibility index (Phi) is 6.40. The molecule has 1 aromatic carbocycles. The van der Waals surface area contributed by atoms with Crippen LogP contribution >= 0.6 is 23.4 Å². The summed E-state index contributed by atoms with van der Waals surface area (Å²) in [5.74, 6) is 0.917. The number of amides is 1. The van der Waals surface area contributed by atoms with Crippen molar-refractivity contribution in [1.82, 2.24) is 0 Å². The van der Waals surface area contributed by atoms with E-state index in [1.165, 1.54) is 0 Å². The van der Waals surface area contributed by atoms with Gasteiger partial charge in [-0.1, -0.05) is 11.6 Å². The Labute approximate surface area is 111 Å². The van der Waals surface area contributed by atoms with Gasteiger partial charge in [0.25, 0.3) is 0 Å². The molecule has 5 heteroatoms. The number of thioether (sulfide) groups is 1. The first kappa shape index (κ1) is 14.4. The molecule has 3 N–H and O–H groups in total. The first-order valence-corrected chi connectivity index (χ1v) is 6.94. The third-order valence-corrected chi connectivity index (χ3v) is 3.69. The molecule has 1 atom stereocenters. The number of carbonyl (C=O) groups excluding carboxylic acids is 1. The summed E-state index contributed by atoms with van der Waals surface area (Å²) in [5.41, 5.74) is 6.17. The molecule has 0 aliphatic rings. The quantitative estimate of drug-likeness (QED) is 0.783. The molecule has 0 fully saturated rings. The third-order valence-electron chi connectivity index (χ3n) is 2.20. The van der Waals surface area contributed by atoms with Gasteiger partial charge in [0.05, 0.1) is 5.25 Å². The van der Waals surface area contributed by atoms with Crippen LogP contribution in [0.1, 0.15) is 13.3 Å². The summed E-state index contributed by atoms with van der Waals surface area (Å²) in [6, 6.07) is 7.09. The topological polar surface area (TPSA) is 55.1 Å². The number of benzene rings is 1. The number of anilines is 1. The molecule has 1 aromatic rings. The molecule has 3 nitrogen and oxygen atoms in total. The van der Waals surface area contributed by atoms with Crippen LogP contribution in [-0.2, 0) is 4.79 Å². The molecule has 0 radical (unpaired) electrons. The van der Waals surface area contributed by atoms with Crippen LogP contribution in [0.2, 0.25) is 5.02 Å². The highest BCUT2D eigenvalue weighted by Crippen LogP contribution is 2.16. The Morgan fingerprint density at radius 3 is 2.71 bits per heavy atom. The molecular weight excluding hydrogens is 256 g/mol. The van der Waals surface area contributed by atoms with Gasteiger partial charge in [-0.25, -0.2) is 0 Å². The maximum atomic E-state index is 11.8. The summed E-state index contributed by atoms with van der Waals surface area (Å²) in [5, 5.41) is 3.43. The number of carbonyl (C=O) groups is 1. The minimum absolute atomic E-state index is 0.00865. The normalized spacial score (nSPS) is 12.2. The van der Waals surface area contributed by atoms with Crippen LogP contribution < -0.4 is 11.1 Å². The number of hydrogen-bond acceptors (Lipinski definition) is 3. The van der Waals surface area contributed by atoms with Gasteiger partial charge in [-0.3, -0.25) is 4.79 Å². The standard InChI is InChI=1S/C12H17ClN2OS/c1-9(17-8-2-7-14)12(16)15-11-5-3-10(13)4-6-11/h3-6,9H,2,7-8,14H2,1H3,(H,15,16). The number of hydrogen-bond donors (Lipinski definition) is 2. The molecular formula is C12H17ClN2OS. The second-order valence-electron chi connectivity index (χ2n) is 3.65. The van der Waals surface area contributed by atoms with Crippen molar-refractivity contribution < 1.29 is 4.79 Å². The van der Waals surface area contributed by atoms with Gasteiger partial charge in [0.2, 0.25) is 5.91 Å². The zero-order chi connectivity index (χ0) is 12.7. The van der Waals surface area contributed by atoms with Gasteiger partial charge in [-0.05, 0) is 49.9 Å². The van der Waals surface area contributed by atoms with Gasteiger partial charge in [0.15, 0.2) is 0 Å². The number of nitrogens with two attached hydrogens (primary N) is 1. The predicted molar refractivity (Wildman–Crippen MR) is 75.7 cm³/mol. The van der Waals surface area contributed by atoms with Crippen molar-refractivity contribution in [3.8, 4) is 0 Å². The Balaban J connectivity index is 2.40. The lowest BCUT2D eigenvalue weighted by Gasteiger charge is -2.11. The third kappa shape index (κ3) is 5.44. The molecule has 0 spiro atoms. The molecule has 94 valence electrons. The summed E-state index contributed by atoms with van der Waals surface area (Å²) in [6.07, 6.45) is 0.934. The van der Waals surface area contributed by atoms with Gasteiger partial charge in [-0.2, -0.15) is 0 Å². The summed E-state index contributed by atoms with van der Waals surface area (Å²) >= 11 is 7.38. The smallest absolute Gasteiger partial charge is 0.237 e. The Bertz CT molecular complexity index is 356. The molecule has 0 aliphatic carbocycles. The van der Waals surface area contributed by atoms with Gasteiger partial charge in [0, 0.05) is 10.7 Å². The van der Waals surface area contributed by atoms with Crippen LogP contribution in [0, 0.1) is 0 Å². The van der Waals surface area contributed by atoms with Crippen molar-refractivity contribution in [2.75, 3.05) is 17.6 Å². The van der Waals surface area contributed by atoms with Crippen molar-refractivity contribution in [2.45, 2.75) is 18.6 Å². The highest BCUT2D eigenvalue weighted by Gasteiger charge is 2.12. The minimum atomic E-state index is -0.0720. The number of nitrogens with one attached hydrogen (secondary N) is 1. The molecule has 0 heterocycles. The molecule has 17 heavy (non-hydrogen) atoms. The van der Waals surface area contributed by atoms with Crippen molar-refractivity contribution in [1.29, 1.82) is 0 Å². The zero-order valence-corrected chi connectivity index (χ0v) is 11.4. The van der Waals surface area contributed by atoms with E-state index in [4.69, 9.17) is 17.3 Å². The lowest BCUT2D eigenvalue weighted by Crippen LogP contribution is -2.23. The van der Waals surface area contributed by atoms with E-state index >= 15 is 0 Å². The van der Waals surface area contributed by atoms with Crippen molar-refractivity contribution in [2.24, 2.45) is 5.73 Å². The fourth-order valence-corrected chi connectivity index (χ4v) is 2.22. The van der Waals surface area contributed by atoms with Crippen molar-refractivity contribution >= 4 is 35.0 Å².